The zero-order chi connectivity index (χ0) is 17.8. The number of carbonyl (C=O) groups excluding carboxylic acids is 1. The SMILES string of the molecule is C[C@H]1[C@H](c2ccccc2)O[C@H]2C[C@@]2(c2ccc(Cl)cc2Cl)C(=O)N1C. The summed E-state index contributed by atoms with van der Waals surface area (Å²) < 4.78 is 6.41. The van der Waals surface area contributed by atoms with Gasteiger partial charge in [-0.3, -0.25) is 4.79 Å². The molecule has 130 valence electrons. The summed E-state index contributed by atoms with van der Waals surface area (Å²) in [5, 5.41) is 1.08. The molecule has 2 fully saturated rings. The van der Waals surface area contributed by atoms with E-state index < -0.39 is 5.41 Å². The molecule has 1 aliphatic heterocycles. The molecule has 0 bridgehead atoms. The van der Waals surface area contributed by atoms with Crippen LogP contribution in [0, 0.1) is 0 Å². The number of amides is 1. The molecule has 1 aliphatic carbocycles. The molecule has 1 amide bonds. The fraction of sp³-hybridized carbons (Fsp3) is 0.350. The first-order valence-electron chi connectivity index (χ1n) is 8.38. The van der Waals surface area contributed by atoms with Gasteiger partial charge in [0.2, 0.25) is 5.91 Å². The summed E-state index contributed by atoms with van der Waals surface area (Å²) in [5.41, 5.74) is 1.19. The second-order valence-electron chi connectivity index (χ2n) is 6.91. The number of hydrogen-bond donors (Lipinski definition) is 0. The van der Waals surface area contributed by atoms with E-state index >= 15 is 0 Å². The van der Waals surface area contributed by atoms with Gasteiger partial charge in [0.05, 0.1) is 12.1 Å². The van der Waals surface area contributed by atoms with Crippen LogP contribution in [0.4, 0.5) is 0 Å². The van der Waals surface area contributed by atoms with Gasteiger partial charge in [-0.05, 0) is 36.6 Å². The summed E-state index contributed by atoms with van der Waals surface area (Å²) in [7, 11) is 1.85. The molecule has 1 saturated carbocycles. The second-order valence-corrected chi connectivity index (χ2v) is 7.76. The Morgan fingerprint density at radius 3 is 2.56 bits per heavy atom. The van der Waals surface area contributed by atoms with Gasteiger partial charge in [-0.25, -0.2) is 0 Å². The number of fused-ring (bicyclic) bond motifs is 1. The van der Waals surface area contributed by atoms with Crippen molar-refractivity contribution in [2.75, 3.05) is 7.05 Å². The third kappa shape index (κ3) is 2.57. The molecule has 3 nitrogen and oxygen atoms in total. The highest BCUT2D eigenvalue weighted by Gasteiger charge is 2.66. The van der Waals surface area contributed by atoms with Crippen molar-refractivity contribution >= 4 is 29.1 Å². The summed E-state index contributed by atoms with van der Waals surface area (Å²) >= 11 is 12.5. The van der Waals surface area contributed by atoms with Gasteiger partial charge in [0, 0.05) is 17.1 Å². The summed E-state index contributed by atoms with van der Waals surface area (Å²) in [6, 6.07) is 15.3. The molecule has 1 heterocycles. The van der Waals surface area contributed by atoms with Gasteiger partial charge in [-0.15, -0.1) is 0 Å². The van der Waals surface area contributed by atoms with E-state index in [4.69, 9.17) is 27.9 Å². The van der Waals surface area contributed by atoms with Crippen molar-refractivity contribution in [3.8, 4) is 0 Å². The van der Waals surface area contributed by atoms with E-state index in [0.29, 0.717) is 16.5 Å². The summed E-state index contributed by atoms with van der Waals surface area (Å²) in [6.07, 6.45) is 0.319. The predicted molar refractivity (Wildman–Crippen MR) is 99.0 cm³/mol. The summed E-state index contributed by atoms with van der Waals surface area (Å²) in [4.78, 5) is 15.1. The van der Waals surface area contributed by atoms with Crippen LogP contribution < -0.4 is 0 Å². The lowest BCUT2D eigenvalue weighted by Crippen LogP contribution is -2.43. The third-order valence-corrected chi connectivity index (χ3v) is 6.05. The van der Waals surface area contributed by atoms with Gasteiger partial charge in [0.1, 0.15) is 11.5 Å². The van der Waals surface area contributed by atoms with Gasteiger partial charge < -0.3 is 9.64 Å². The van der Waals surface area contributed by atoms with E-state index in [-0.39, 0.29) is 24.2 Å². The van der Waals surface area contributed by atoms with Crippen LogP contribution in [-0.4, -0.2) is 30.0 Å². The topological polar surface area (TPSA) is 29.5 Å². The Hall–Kier alpha value is -1.55. The smallest absolute Gasteiger partial charge is 0.236 e. The highest BCUT2D eigenvalue weighted by atomic mass is 35.5. The van der Waals surface area contributed by atoms with Crippen molar-refractivity contribution in [2.45, 2.75) is 37.0 Å². The van der Waals surface area contributed by atoms with E-state index in [0.717, 1.165) is 11.1 Å². The molecule has 2 aromatic carbocycles. The Morgan fingerprint density at radius 2 is 1.88 bits per heavy atom. The van der Waals surface area contributed by atoms with Crippen LogP contribution in [-0.2, 0) is 14.9 Å². The van der Waals surface area contributed by atoms with Crippen LogP contribution in [0.3, 0.4) is 0 Å². The fourth-order valence-corrected chi connectivity index (χ4v) is 4.44. The maximum absolute atomic E-state index is 13.3. The largest absolute Gasteiger partial charge is 0.367 e. The minimum Gasteiger partial charge on any atom is -0.367 e. The molecule has 0 aromatic heterocycles. The Morgan fingerprint density at radius 1 is 1.16 bits per heavy atom. The zero-order valence-corrected chi connectivity index (χ0v) is 15.6. The maximum atomic E-state index is 13.3. The van der Waals surface area contributed by atoms with Crippen LogP contribution in [0.2, 0.25) is 10.0 Å². The van der Waals surface area contributed by atoms with Crippen molar-refractivity contribution in [1.82, 2.24) is 4.90 Å². The van der Waals surface area contributed by atoms with Crippen LogP contribution in [0.1, 0.15) is 30.6 Å². The maximum Gasteiger partial charge on any atom is 0.236 e. The van der Waals surface area contributed by atoms with E-state index in [1.54, 1.807) is 17.0 Å². The van der Waals surface area contributed by atoms with Crippen molar-refractivity contribution in [3.05, 3.63) is 69.7 Å². The Labute approximate surface area is 157 Å². The third-order valence-electron chi connectivity index (χ3n) is 5.50. The molecule has 0 N–H and O–H groups in total. The number of nitrogens with zero attached hydrogens (tertiary/aromatic N) is 1. The van der Waals surface area contributed by atoms with Crippen LogP contribution in [0.5, 0.6) is 0 Å². The molecule has 5 heteroatoms. The number of halogens is 2. The Balaban J connectivity index is 1.76. The number of carbonyl (C=O) groups is 1. The van der Waals surface area contributed by atoms with Crippen LogP contribution in [0.15, 0.2) is 48.5 Å². The number of likely N-dealkylation sites (N-methyl/N-ethyl adjacent to an activating group) is 1. The standard InChI is InChI=1S/C20H19Cl2NO2/c1-12-18(13-6-4-3-5-7-13)25-17-11-20(17,19(24)23(12)2)15-9-8-14(21)10-16(15)22/h3-10,12,17-18H,11H2,1-2H3/t12-,17-,18+,20-/m0/s1. The first-order chi connectivity index (χ1) is 11.9. The van der Waals surface area contributed by atoms with E-state index in [1.165, 1.54) is 0 Å². The number of ether oxygens (including phenoxy) is 1. The van der Waals surface area contributed by atoms with Gasteiger partial charge in [-0.2, -0.15) is 0 Å². The lowest BCUT2D eigenvalue weighted by atomic mass is 9.93. The summed E-state index contributed by atoms with van der Waals surface area (Å²) in [6.45, 7) is 2.03. The Bertz CT molecular complexity index is 826. The minimum atomic E-state index is -0.700. The lowest BCUT2D eigenvalue weighted by molar-refractivity contribution is -0.134. The lowest BCUT2D eigenvalue weighted by Gasteiger charge is -2.31. The number of rotatable bonds is 2. The highest BCUT2D eigenvalue weighted by Crippen LogP contribution is 2.57. The van der Waals surface area contributed by atoms with E-state index in [2.05, 4.69) is 0 Å². The molecule has 4 rings (SSSR count). The quantitative estimate of drug-likeness (QED) is 0.765. The first-order valence-corrected chi connectivity index (χ1v) is 9.14. The molecule has 1 saturated heterocycles. The van der Waals surface area contributed by atoms with Gasteiger partial charge >= 0.3 is 0 Å². The van der Waals surface area contributed by atoms with Crippen molar-refractivity contribution in [2.24, 2.45) is 0 Å². The van der Waals surface area contributed by atoms with E-state index in [1.807, 2.05) is 50.4 Å². The van der Waals surface area contributed by atoms with Crippen molar-refractivity contribution in [3.63, 3.8) is 0 Å². The minimum absolute atomic E-state index is 0.0626. The fourth-order valence-electron chi connectivity index (χ4n) is 3.87. The summed E-state index contributed by atoms with van der Waals surface area (Å²) in [5.74, 6) is 0.0626. The van der Waals surface area contributed by atoms with Gasteiger partial charge in [0.15, 0.2) is 0 Å². The van der Waals surface area contributed by atoms with Crippen LogP contribution >= 0.6 is 23.2 Å². The van der Waals surface area contributed by atoms with Gasteiger partial charge in [-0.1, -0.05) is 59.6 Å². The van der Waals surface area contributed by atoms with Crippen LogP contribution in [0.25, 0.3) is 0 Å². The normalized spacial score (nSPS) is 31.4. The van der Waals surface area contributed by atoms with Crippen molar-refractivity contribution in [1.29, 1.82) is 0 Å². The molecular weight excluding hydrogens is 357 g/mol. The van der Waals surface area contributed by atoms with Crippen molar-refractivity contribution < 1.29 is 9.53 Å². The predicted octanol–water partition coefficient (Wildman–Crippen LogP) is 4.62. The number of hydrogen-bond acceptors (Lipinski definition) is 2. The van der Waals surface area contributed by atoms with Gasteiger partial charge in [0.25, 0.3) is 0 Å². The Kier molecular flexibility index (Phi) is 4.06. The average Bonchev–Trinajstić information content (AvgIpc) is 3.33. The molecular formula is C20H19Cl2NO2. The first kappa shape index (κ1) is 16.9. The average molecular weight is 376 g/mol. The zero-order valence-electron chi connectivity index (χ0n) is 14.1. The number of benzene rings is 2. The second kappa shape index (κ2) is 6.01. The monoisotopic (exact) mass is 375 g/mol. The molecule has 0 radical (unpaired) electrons. The molecule has 2 aromatic rings. The molecule has 0 spiro atoms. The van der Waals surface area contributed by atoms with E-state index in [9.17, 15) is 4.79 Å². The highest BCUT2D eigenvalue weighted by molar-refractivity contribution is 6.35. The molecule has 4 atom stereocenters. The molecule has 0 unspecified atom stereocenters. The molecule has 2 aliphatic rings. The molecule has 25 heavy (non-hydrogen) atoms.